The monoisotopic (exact) mass is 344 g/mol. The number of rotatable bonds is 4. The molecule has 4 rings (SSSR count). The van der Waals surface area contributed by atoms with E-state index in [1.54, 1.807) is 18.2 Å². The zero-order chi connectivity index (χ0) is 16.6. The summed E-state index contributed by atoms with van der Waals surface area (Å²) in [5, 5.41) is 3.29. The van der Waals surface area contributed by atoms with Crippen molar-refractivity contribution >= 4 is 10.0 Å². The van der Waals surface area contributed by atoms with Crippen molar-refractivity contribution in [3.63, 3.8) is 0 Å². The number of fused-ring (bicyclic) bond motifs is 2. The lowest BCUT2D eigenvalue weighted by molar-refractivity contribution is 0.288. The highest BCUT2D eigenvalue weighted by Crippen LogP contribution is 2.27. The first-order valence-corrected chi connectivity index (χ1v) is 9.67. The molecule has 2 aromatic rings. The summed E-state index contributed by atoms with van der Waals surface area (Å²) in [5.41, 5.74) is 4.48. The van der Waals surface area contributed by atoms with Crippen molar-refractivity contribution in [2.45, 2.75) is 37.4 Å². The van der Waals surface area contributed by atoms with Crippen molar-refractivity contribution in [2.24, 2.45) is 0 Å². The van der Waals surface area contributed by atoms with E-state index in [4.69, 9.17) is 4.74 Å². The van der Waals surface area contributed by atoms with E-state index in [0.29, 0.717) is 18.0 Å². The van der Waals surface area contributed by atoms with Crippen molar-refractivity contribution in [2.75, 3.05) is 6.61 Å². The van der Waals surface area contributed by atoms with Gasteiger partial charge in [0.15, 0.2) is 0 Å². The lowest BCUT2D eigenvalue weighted by Crippen LogP contribution is -2.23. The zero-order valence-corrected chi connectivity index (χ0v) is 14.2. The van der Waals surface area contributed by atoms with Crippen LogP contribution in [0, 0.1) is 0 Å². The van der Waals surface area contributed by atoms with Crippen LogP contribution in [0.3, 0.4) is 0 Å². The minimum Gasteiger partial charge on any atom is -0.493 e. The molecule has 0 saturated carbocycles. The molecule has 0 saturated heterocycles. The van der Waals surface area contributed by atoms with E-state index in [-0.39, 0.29) is 0 Å². The summed E-state index contributed by atoms with van der Waals surface area (Å²) >= 11 is 0. The number of hydrogen-bond donors (Lipinski definition) is 2. The van der Waals surface area contributed by atoms with Crippen LogP contribution in [0.25, 0.3) is 0 Å². The number of sulfonamides is 1. The van der Waals surface area contributed by atoms with Gasteiger partial charge in [0.2, 0.25) is 10.0 Å². The number of nitrogens with one attached hydrogen (secondary N) is 2. The van der Waals surface area contributed by atoms with E-state index in [1.165, 1.54) is 11.1 Å². The summed E-state index contributed by atoms with van der Waals surface area (Å²) in [6.45, 7) is 2.73. The maximum absolute atomic E-state index is 12.6. The second-order valence-corrected chi connectivity index (χ2v) is 8.02. The Labute approximate surface area is 142 Å². The van der Waals surface area contributed by atoms with Crippen LogP contribution in [0.4, 0.5) is 0 Å². The molecule has 2 heterocycles. The highest BCUT2D eigenvalue weighted by molar-refractivity contribution is 7.89. The van der Waals surface area contributed by atoms with Gasteiger partial charge in [-0.15, -0.1) is 0 Å². The summed E-state index contributed by atoms with van der Waals surface area (Å²) in [4.78, 5) is 0.301. The predicted molar refractivity (Wildman–Crippen MR) is 91.3 cm³/mol. The molecule has 0 bridgehead atoms. The summed E-state index contributed by atoms with van der Waals surface area (Å²) < 4.78 is 33.4. The third kappa shape index (κ3) is 3.05. The summed E-state index contributed by atoms with van der Waals surface area (Å²) in [6.07, 6.45) is 1.78. The van der Waals surface area contributed by atoms with Crippen molar-refractivity contribution in [1.82, 2.24) is 10.0 Å². The van der Waals surface area contributed by atoms with Gasteiger partial charge in [-0.25, -0.2) is 13.1 Å². The second kappa shape index (κ2) is 6.20. The maximum atomic E-state index is 12.6. The molecular formula is C18H20N2O3S. The number of ether oxygens (including phenoxy) is 1. The summed E-state index contributed by atoms with van der Waals surface area (Å²) in [7, 11) is -3.53. The number of hydrogen-bond acceptors (Lipinski definition) is 4. The Bertz CT molecular complexity index is 878. The Kier molecular flexibility index (Phi) is 4.04. The smallest absolute Gasteiger partial charge is 0.240 e. The molecule has 2 aliphatic rings. The van der Waals surface area contributed by atoms with Crippen molar-refractivity contribution < 1.29 is 13.2 Å². The van der Waals surface area contributed by atoms with E-state index in [1.807, 2.05) is 6.07 Å². The average Bonchev–Trinajstić information content (AvgIpc) is 3.07. The molecule has 6 heteroatoms. The van der Waals surface area contributed by atoms with Crippen LogP contribution in [0.2, 0.25) is 0 Å². The van der Waals surface area contributed by atoms with Crippen LogP contribution in [0.15, 0.2) is 41.3 Å². The molecule has 0 unspecified atom stereocenters. The molecule has 24 heavy (non-hydrogen) atoms. The molecule has 0 radical (unpaired) electrons. The van der Waals surface area contributed by atoms with Crippen LogP contribution in [0.5, 0.6) is 5.75 Å². The van der Waals surface area contributed by atoms with Gasteiger partial charge in [-0.2, -0.15) is 0 Å². The van der Waals surface area contributed by atoms with Gasteiger partial charge in [0, 0.05) is 19.6 Å². The second-order valence-electron chi connectivity index (χ2n) is 6.25. The van der Waals surface area contributed by atoms with Gasteiger partial charge in [0.25, 0.3) is 0 Å². The van der Waals surface area contributed by atoms with Crippen molar-refractivity contribution in [1.29, 1.82) is 0 Å². The minimum atomic E-state index is -3.53. The van der Waals surface area contributed by atoms with Gasteiger partial charge in [-0.3, -0.25) is 0 Å². The van der Waals surface area contributed by atoms with E-state index in [2.05, 4.69) is 22.2 Å². The van der Waals surface area contributed by atoms with E-state index in [0.717, 1.165) is 42.8 Å². The Balaban J connectivity index is 1.51. The molecule has 2 aromatic carbocycles. The Hall–Kier alpha value is -1.89. The van der Waals surface area contributed by atoms with E-state index >= 15 is 0 Å². The zero-order valence-electron chi connectivity index (χ0n) is 13.3. The molecule has 0 aromatic heterocycles. The first kappa shape index (κ1) is 15.6. The lowest BCUT2D eigenvalue weighted by atomic mass is 10.1. The molecule has 0 spiro atoms. The van der Waals surface area contributed by atoms with Gasteiger partial charge in [-0.1, -0.05) is 18.2 Å². The number of aryl methyl sites for hydroxylation is 1. The quantitative estimate of drug-likeness (QED) is 0.891. The van der Waals surface area contributed by atoms with Gasteiger partial charge < -0.3 is 10.1 Å². The van der Waals surface area contributed by atoms with Crippen LogP contribution >= 0.6 is 0 Å². The highest BCUT2D eigenvalue weighted by atomic mass is 32.2. The Morgan fingerprint density at radius 1 is 1.04 bits per heavy atom. The minimum absolute atomic E-state index is 0.295. The molecule has 2 N–H and O–H groups in total. The maximum Gasteiger partial charge on any atom is 0.240 e. The van der Waals surface area contributed by atoms with Gasteiger partial charge in [-0.05, 0) is 53.3 Å². The van der Waals surface area contributed by atoms with Gasteiger partial charge in [0.1, 0.15) is 5.75 Å². The molecule has 126 valence electrons. The average molecular weight is 344 g/mol. The van der Waals surface area contributed by atoms with E-state index in [9.17, 15) is 8.42 Å². The van der Waals surface area contributed by atoms with Gasteiger partial charge >= 0.3 is 0 Å². The third-order valence-corrected chi connectivity index (χ3v) is 5.96. The van der Waals surface area contributed by atoms with Crippen LogP contribution in [0.1, 0.15) is 28.7 Å². The van der Waals surface area contributed by atoms with E-state index < -0.39 is 10.0 Å². The fourth-order valence-corrected chi connectivity index (χ4v) is 4.29. The molecule has 0 fully saturated rings. The predicted octanol–water partition coefficient (Wildman–Crippen LogP) is 2.09. The summed E-state index contributed by atoms with van der Waals surface area (Å²) in [6, 6.07) is 11.2. The molecule has 0 aliphatic carbocycles. The van der Waals surface area contributed by atoms with Crippen LogP contribution < -0.4 is 14.8 Å². The SMILES string of the molecule is O=S(=O)(NCc1ccc2c(c1)CNC2)c1ccc2c(c1)CCCO2. The summed E-state index contributed by atoms with van der Waals surface area (Å²) in [5.74, 6) is 0.798. The molecule has 2 aliphatic heterocycles. The van der Waals surface area contributed by atoms with Crippen molar-refractivity contribution in [3.05, 3.63) is 58.7 Å². The standard InChI is InChI=1S/C18H20N2O3S/c21-24(22,17-5-6-18-14(9-17)2-1-7-23-18)20-10-13-3-4-15-11-19-12-16(15)8-13/h3-6,8-9,19-20H,1-2,7,10-12H2. The fraction of sp³-hybridized carbons (Fsp3) is 0.333. The van der Waals surface area contributed by atoms with Crippen LogP contribution in [-0.2, 0) is 36.1 Å². The largest absolute Gasteiger partial charge is 0.493 e. The fourth-order valence-electron chi connectivity index (χ4n) is 3.22. The molecular weight excluding hydrogens is 324 g/mol. The number of benzene rings is 2. The molecule has 0 atom stereocenters. The van der Waals surface area contributed by atoms with Crippen LogP contribution in [-0.4, -0.2) is 15.0 Å². The Morgan fingerprint density at radius 2 is 1.92 bits per heavy atom. The topological polar surface area (TPSA) is 67.4 Å². The first-order chi connectivity index (χ1) is 11.6. The normalized spacial score (nSPS) is 16.3. The highest BCUT2D eigenvalue weighted by Gasteiger charge is 2.18. The molecule has 5 nitrogen and oxygen atoms in total. The third-order valence-electron chi connectivity index (χ3n) is 4.56. The first-order valence-electron chi connectivity index (χ1n) is 8.19. The van der Waals surface area contributed by atoms with Gasteiger partial charge in [0.05, 0.1) is 11.5 Å². The lowest BCUT2D eigenvalue weighted by Gasteiger charge is -2.18. The molecule has 0 amide bonds. The van der Waals surface area contributed by atoms with Crippen molar-refractivity contribution in [3.8, 4) is 5.75 Å². The Morgan fingerprint density at radius 3 is 2.83 bits per heavy atom.